The van der Waals surface area contributed by atoms with Crippen LogP contribution in [0.3, 0.4) is 0 Å². The van der Waals surface area contributed by atoms with Gasteiger partial charge in [-0.25, -0.2) is 0 Å². The second kappa shape index (κ2) is 5.30. The molecule has 4 heteroatoms. The van der Waals surface area contributed by atoms with Crippen LogP contribution in [0.15, 0.2) is 54.6 Å². The summed E-state index contributed by atoms with van der Waals surface area (Å²) in [7, 11) is 1.72. The first kappa shape index (κ1) is 14.3. The van der Waals surface area contributed by atoms with Crippen molar-refractivity contribution in [1.82, 2.24) is 0 Å². The van der Waals surface area contributed by atoms with Gasteiger partial charge in [-0.2, -0.15) is 0 Å². The monoisotopic (exact) mass is 294 g/mol. The molecule has 0 fully saturated rings. The van der Waals surface area contributed by atoms with Crippen molar-refractivity contribution in [3.05, 3.63) is 60.2 Å². The molecule has 1 aliphatic rings. The Kier molecular flexibility index (Phi) is 3.45. The molecule has 0 aliphatic carbocycles. The Labute approximate surface area is 129 Å². The summed E-state index contributed by atoms with van der Waals surface area (Å²) in [6.07, 6.45) is 0.422. The minimum absolute atomic E-state index is 0.176. The van der Waals surface area contributed by atoms with Crippen LogP contribution >= 0.6 is 0 Å². The number of hydrogen-bond acceptors (Lipinski definition) is 2. The fourth-order valence-corrected chi connectivity index (χ4v) is 3.12. The van der Waals surface area contributed by atoms with Crippen molar-refractivity contribution in [2.45, 2.75) is 18.8 Å². The molecule has 1 N–H and O–H groups in total. The van der Waals surface area contributed by atoms with E-state index in [1.807, 2.05) is 61.5 Å². The zero-order valence-corrected chi connectivity index (χ0v) is 12.7. The number of nitrogens with zero attached hydrogens (tertiary/aromatic N) is 1. The number of carbonyl (C=O) groups is 2. The van der Waals surface area contributed by atoms with Gasteiger partial charge in [0.1, 0.15) is 0 Å². The van der Waals surface area contributed by atoms with Crippen LogP contribution in [0.2, 0.25) is 0 Å². The van der Waals surface area contributed by atoms with E-state index in [2.05, 4.69) is 5.32 Å². The van der Waals surface area contributed by atoms with Gasteiger partial charge in [0.25, 0.3) is 0 Å². The highest BCUT2D eigenvalue weighted by Gasteiger charge is 2.53. The molecule has 1 atom stereocenters. The number of benzene rings is 2. The lowest BCUT2D eigenvalue weighted by Gasteiger charge is -2.25. The molecular weight excluding hydrogens is 276 g/mol. The quantitative estimate of drug-likeness (QED) is 0.885. The second-order valence-corrected chi connectivity index (χ2v) is 5.46. The summed E-state index contributed by atoms with van der Waals surface area (Å²) in [4.78, 5) is 27.3. The van der Waals surface area contributed by atoms with Gasteiger partial charge in [0, 0.05) is 24.0 Å². The van der Waals surface area contributed by atoms with Gasteiger partial charge >= 0.3 is 0 Å². The zero-order valence-electron chi connectivity index (χ0n) is 12.7. The van der Waals surface area contributed by atoms with Crippen molar-refractivity contribution in [2.24, 2.45) is 0 Å². The number of likely N-dealkylation sites (N-methyl/N-ethyl adjacent to an activating group) is 1. The van der Waals surface area contributed by atoms with Gasteiger partial charge in [-0.15, -0.1) is 0 Å². The number of carbonyl (C=O) groups excluding carboxylic acids is 2. The number of anilines is 2. The fraction of sp³-hybridized carbons (Fsp3) is 0.222. The second-order valence-electron chi connectivity index (χ2n) is 5.46. The highest BCUT2D eigenvalue weighted by atomic mass is 16.2. The number of nitrogens with one attached hydrogen (secondary N) is 1. The summed E-state index contributed by atoms with van der Waals surface area (Å²) in [5, 5.41) is 2.88. The molecule has 2 amide bonds. The van der Waals surface area contributed by atoms with Gasteiger partial charge in [0.05, 0.1) is 0 Å². The standard InChI is InChI=1S/C18H18N2O2/c1-3-18(16(21)19-13-9-5-4-6-10-13)14-11-7-8-12-15(14)20(2)17(18)22/h4-12H,3H2,1-2H3,(H,19,21). The maximum atomic E-state index is 12.9. The molecule has 1 unspecified atom stereocenters. The van der Waals surface area contributed by atoms with Gasteiger partial charge in [-0.3, -0.25) is 9.59 Å². The Hall–Kier alpha value is -2.62. The number of hydrogen-bond donors (Lipinski definition) is 1. The summed E-state index contributed by atoms with van der Waals surface area (Å²) < 4.78 is 0. The van der Waals surface area contributed by atoms with Gasteiger partial charge in [0.2, 0.25) is 11.8 Å². The number of amides is 2. The molecule has 2 aromatic rings. The molecule has 0 saturated heterocycles. The van der Waals surface area contributed by atoms with Crippen LogP contribution in [0.1, 0.15) is 18.9 Å². The SMILES string of the molecule is CCC1(C(=O)Nc2ccccc2)C(=O)N(C)c2ccccc21. The van der Waals surface area contributed by atoms with E-state index in [-0.39, 0.29) is 11.8 Å². The van der Waals surface area contributed by atoms with E-state index in [0.29, 0.717) is 12.1 Å². The van der Waals surface area contributed by atoms with E-state index in [0.717, 1.165) is 11.3 Å². The fourth-order valence-electron chi connectivity index (χ4n) is 3.12. The Morgan fingerprint density at radius 1 is 1.09 bits per heavy atom. The largest absolute Gasteiger partial charge is 0.325 e. The molecule has 112 valence electrons. The highest BCUT2D eigenvalue weighted by molar-refractivity contribution is 6.24. The van der Waals surface area contributed by atoms with Crippen molar-refractivity contribution in [2.75, 3.05) is 17.3 Å². The third-order valence-corrected chi connectivity index (χ3v) is 4.34. The van der Waals surface area contributed by atoms with E-state index >= 15 is 0 Å². The highest BCUT2D eigenvalue weighted by Crippen LogP contribution is 2.43. The van der Waals surface area contributed by atoms with Crippen molar-refractivity contribution in [3.63, 3.8) is 0 Å². The van der Waals surface area contributed by atoms with E-state index in [4.69, 9.17) is 0 Å². The summed E-state index contributed by atoms with van der Waals surface area (Å²) in [5.74, 6) is -0.451. The topological polar surface area (TPSA) is 49.4 Å². The number of fused-ring (bicyclic) bond motifs is 1. The van der Waals surface area contributed by atoms with Crippen LogP contribution in [0.25, 0.3) is 0 Å². The Bertz CT molecular complexity index is 727. The first-order valence-electron chi connectivity index (χ1n) is 7.35. The molecule has 0 saturated carbocycles. The molecule has 0 radical (unpaired) electrons. The first-order valence-corrected chi connectivity index (χ1v) is 7.35. The maximum Gasteiger partial charge on any atom is 0.247 e. The van der Waals surface area contributed by atoms with Crippen LogP contribution in [0.4, 0.5) is 11.4 Å². The predicted molar refractivity (Wildman–Crippen MR) is 86.9 cm³/mol. The van der Waals surface area contributed by atoms with Crippen molar-refractivity contribution in [3.8, 4) is 0 Å². The van der Waals surface area contributed by atoms with Crippen LogP contribution < -0.4 is 10.2 Å². The van der Waals surface area contributed by atoms with Gasteiger partial charge in [-0.05, 0) is 24.6 Å². The molecule has 4 nitrogen and oxygen atoms in total. The first-order chi connectivity index (χ1) is 10.6. The molecule has 0 spiro atoms. The summed E-state index contributed by atoms with van der Waals surface area (Å²) in [6, 6.07) is 16.7. The van der Waals surface area contributed by atoms with Crippen molar-refractivity contribution in [1.29, 1.82) is 0 Å². The Morgan fingerprint density at radius 2 is 1.73 bits per heavy atom. The van der Waals surface area contributed by atoms with Crippen molar-refractivity contribution >= 4 is 23.2 Å². The zero-order chi connectivity index (χ0) is 15.7. The van der Waals surface area contributed by atoms with Gasteiger partial charge < -0.3 is 10.2 Å². The third-order valence-electron chi connectivity index (χ3n) is 4.34. The number of rotatable bonds is 3. The van der Waals surface area contributed by atoms with Crippen LogP contribution in [-0.4, -0.2) is 18.9 Å². The lowest BCUT2D eigenvalue weighted by atomic mass is 9.78. The third kappa shape index (κ3) is 1.91. The normalized spacial score (nSPS) is 19.9. The van der Waals surface area contributed by atoms with E-state index in [1.165, 1.54) is 0 Å². The smallest absolute Gasteiger partial charge is 0.247 e. The molecule has 3 rings (SSSR count). The summed E-state index contributed by atoms with van der Waals surface area (Å²) >= 11 is 0. The molecule has 2 aromatic carbocycles. The van der Waals surface area contributed by atoms with E-state index in [1.54, 1.807) is 11.9 Å². The lowest BCUT2D eigenvalue weighted by molar-refractivity contribution is -0.132. The minimum atomic E-state index is -1.15. The average molecular weight is 294 g/mol. The molecule has 0 aromatic heterocycles. The maximum absolute atomic E-state index is 12.9. The number of para-hydroxylation sites is 2. The van der Waals surface area contributed by atoms with Crippen LogP contribution in [0, 0.1) is 0 Å². The summed E-state index contributed by atoms with van der Waals surface area (Å²) in [5.41, 5.74) is 1.12. The molecule has 1 heterocycles. The minimum Gasteiger partial charge on any atom is -0.325 e. The molecule has 22 heavy (non-hydrogen) atoms. The lowest BCUT2D eigenvalue weighted by Crippen LogP contribution is -2.47. The van der Waals surface area contributed by atoms with E-state index < -0.39 is 5.41 Å². The predicted octanol–water partition coefficient (Wildman–Crippen LogP) is 2.95. The van der Waals surface area contributed by atoms with Gasteiger partial charge in [0.15, 0.2) is 5.41 Å². The van der Waals surface area contributed by atoms with Crippen LogP contribution in [0.5, 0.6) is 0 Å². The molecule has 0 bridgehead atoms. The van der Waals surface area contributed by atoms with Crippen LogP contribution in [-0.2, 0) is 15.0 Å². The van der Waals surface area contributed by atoms with Crippen molar-refractivity contribution < 1.29 is 9.59 Å². The van der Waals surface area contributed by atoms with E-state index in [9.17, 15) is 9.59 Å². The molecule has 1 aliphatic heterocycles. The summed E-state index contributed by atoms with van der Waals surface area (Å²) in [6.45, 7) is 1.87. The average Bonchev–Trinajstić information content (AvgIpc) is 2.78. The van der Waals surface area contributed by atoms with Gasteiger partial charge in [-0.1, -0.05) is 43.3 Å². The Balaban J connectivity index is 2.05. The Morgan fingerprint density at radius 3 is 2.41 bits per heavy atom. The molecular formula is C18H18N2O2.